The maximum atomic E-state index is 6.85. The minimum atomic E-state index is -0.482. The molecule has 11 aromatic rings. The number of nitrogens with one attached hydrogen (secondary N) is 1. The lowest BCUT2D eigenvalue weighted by molar-refractivity contribution is 0.666. The normalized spacial score (nSPS) is 16.1. The van der Waals surface area contributed by atoms with Crippen molar-refractivity contribution in [2.75, 3.05) is 0 Å². The van der Waals surface area contributed by atoms with Crippen LogP contribution in [0, 0.1) is 0 Å². The van der Waals surface area contributed by atoms with E-state index in [9.17, 15) is 0 Å². The van der Waals surface area contributed by atoms with Crippen LogP contribution < -0.4 is 5.32 Å². The van der Waals surface area contributed by atoms with Gasteiger partial charge in [-0.2, -0.15) is 0 Å². The van der Waals surface area contributed by atoms with Crippen molar-refractivity contribution in [3.05, 3.63) is 228 Å². The lowest BCUT2D eigenvalue weighted by Gasteiger charge is -2.24. The molecule has 1 aliphatic carbocycles. The Labute approximate surface area is 368 Å². The summed E-state index contributed by atoms with van der Waals surface area (Å²) >= 11 is 1.82. The molecule has 298 valence electrons. The molecule has 3 heterocycles. The molecule has 0 bridgehead atoms. The number of para-hydroxylation sites is 1. The molecule has 1 N–H and O–H groups in total. The molecule has 1 aliphatic heterocycles. The van der Waals surface area contributed by atoms with Crippen LogP contribution in [0.15, 0.2) is 209 Å². The maximum absolute atomic E-state index is 6.85. The summed E-state index contributed by atoms with van der Waals surface area (Å²) in [6.45, 7) is 0. The molecule has 0 amide bonds. The Kier molecular flexibility index (Phi) is 8.31. The van der Waals surface area contributed by atoms with Gasteiger partial charge in [-0.15, -0.1) is 11.3 Å². The van der Waals surface area contributed by atoms with Gasteiger partial charge in [-0.1, -0.05) is 158 Å². The van der Waals surface area contributed by atoms with Crippen molar-refractivity contribution < 1.29 is 4.42 Å². The zero-order chi connectivity index (χ0) is 41.4. The maximum Gasteiger partial charge on any atom is 0.169 e. The first-order valence-electron chi connectivity index (χ1n) is 21.7. The largest absolute Gasteiger partial charge is 0.455 e. The number of aryl methyl sites for hydroxylation is 1. The van der Waals surface area contributed by atoms with Crippen molar-refractivity contribution in [1.29, 1.82) is 0 Å². The minimum Gasteiger partial charge on any atom is -0.455 e. The van der Waals surface area contributed by atoms with Crippen LogP contribution in [0.4, 0.5) is 0 Å². The first-order valence-corrected chi connectivity index (χ1v) is 22.6. The molecule has 5 heteroatoms. The molecule has 2 aliphatic rings. The van der Waals surface area contributed by atoms with E-state index in [0.717, 1.165) is 68.7 Å². The van der Waals surface area contributed by atoms with Crippen LogP contribution in [0.3, 0.4) is 0 Å². The highest BCUT2D eigenvalue weighted by atomic mass is 32.1. The van der Waals surface area contributed by atoms with Crippen molar-refractivity contribution in [1.82, 2.24) is 5.32 Å². The van der Waals surface area contributed by atoms with Gasteiger partial charge in [0.2, 0.25) is 0 Å². The van der Waals surface area contributed by atoms with Crippen molar-refractivity contribution in [2.45, 2.75) is 24.9 Å². The molecular weight excluding hydrogens is 787 g/mol. The average Bonchev–Trinajstić information content (AvgIpc) is 3.87. The Hall–Kier alpha value is -7.60. The van der Waals surface area contributed by atoms with E-state index >= 15 is 0 Å². The van der Waals surface area contributed by atoms with Crippen LogP contribution in [0.5, 0.6) is 0 Å². The second-order valence-corrected chi connectivity index (χ2v) is 17.9. The quantitative estimate of drug-likeness (QED) is 0.188. The van der Waals surface area contributed by atoms with Gasteiger partial charge in [0.15, 0.2) is 6.17 Å². The van der Waals surface area contributed by atoms with E-state index in [4.69, 9.17) is 14.4 Å². The Balaban J connectivity index is 0.987. The molecule has 9 aromatic carbocycles. The van der Waals surface area contributed by atoms with Gasteiger partial charge >= 0.3 is 0 Å². The monoisotopic (exact) mass is 825 g/mol. The molecule has 2 unspecified atom stereocenters. The molecule has 63 heavy (non-hydrogen) atoms. The summed E-state index contributed by atoms with van der Waals surface area (Å²) < 4.78 is 9.36. The van der Waals surface area contributed by atoms with Crippen molar-refractivity contribution in [3.8, 4) is 22.3 Å². The van der Waals surface area contributed by atoms with Crippen LogP contribution >= 0.6 is 11.3 Å². The van der Waals surface area contributed by atoms with Gasteiger partial charge in [0, 0.05) is 42.4 Å². The van der Waals surface area contributed by atoms with Crippen LogP contribution in [0.25, 0.3) is 75.1 Å². The zero-order valence-corrected chi connectivity index (χ0v) is 35.1. The van der Waals surface area contributed by atoms with Gasteiger partial charge in [-0.05, 0) is 105 Å². The molecule has 0 saturated carbocycles. The number of aliphatic imine (C=N–C) groups is 2. The minimum absolute atomic E-state index is 0.141. The predicted octanol–water partition coefficient (Wildman–Crippen LogP) is 15.0. The van der Waals surface area contributed by atoms with E-state index in [0.29, 0.717) is 0 Å². The van der Waals surface area contributed by atoms with E-state index < -0.39 is 6.17 Å². The van der Waals surface area contributed by atoms with Crippen LogP contribution in [-0.2, 0) is 6.42 Å². The summed E-state index contributed by atoms with van der Waals surface area (Å²) in [5.41, 5.74) is 13.6. The number of hydrogen-bond donors (Lipinski definition) is 1. The predicted molar refractivity (Wildman–Crippen MR) is 263 cm³/mol. The van der Waals surface area contributed by atoms with Gasteiger partial charge in [0.05, 0.1) is 5.56 Å². The summed E-state index contributed by atoms with van der Waals surface area (Å²) in [5.74, 6) is 1.67. The molecular formula is C58H39N3OS. The third kappa shape index (κ3) is 6.11. The number of amidine groups is 2. The SMILES string of the molecule is c1ccc(-c2ccc(C3N=C(c4ccc5c(c4)sc4ccccc45)NC(c4cc(C5CCc6cc7ccccc7cc6-c6ccccc65)cc5c4oc4ccccc45)=N3)cc2)cc1. The second kappa shape index (κ2) is 14.5. The Morgan fingerprint density at radius 2 is 1.17 bits per heavy atom. The third-order valence-electron chi connectivity index (χ3n) is 13.2. The summed E-state index contributed by atoms with van der Waals surface area (Å²) in [6.07, 6.45) is 1.46. The summed E-state index contributed by atoms with van der Waals surface area (Å²) in [6, 6.07) is 70.3. The highest BCUT2D eigenvalue weighted by Gasteiger charge is 2.29. The molecule has 0 saturated heterocycles. The summed E-state index contributed by atoms with van der Waals surface area (Å²) in [4.78, 5) is 10.9. The van der Waals surface area contributed by atoms with E-state index in [-0.39, 0.29) is 5.92 Å². The highest BCUT2D eigenvalue weighted by molar-refractivity contribution is 7.25. The van der Waals surface area contributed by atoms with Gasteiger partial charge in [-0.3, -0.25) is 0 Å². The van der Waals surface area contributed by atoms with Gasteiger partial charge in [0.25, 0.3) is 0 Å². The lowest BCUT2D eigenvalue weighted by Crippen LogP contribution is -2.36. The highest BCUT2D eigenvalue weighted by Crippen LogP contribution is 2.45. The number of nitrogens with zero attached hydrogens (tertiary/aromatic N) is 2. The van der Waals surface area contributed by atoms with Crippen LogP contribution in [0.2, 0.25) is 0 Å². The first kappa shape index (κ1) is 36.1. The first-order chi connectivity index (χ1) is 31.2. The number of furan rings is 1. The molecule has 0 radical (unpaired) electrons. The van der Waals surface area contributed by atoms with Crippen LogP contribution in [-0.4, -0.2) is 11.7 Å². The van der Waals surface area contributed by atoms with Crippen molar-refractivity contribution in [2.24, 2.45) is 9.98 Å². The van der Waals surface area contributed by atoms with Gasteiger partial charge < -0.3 is 9.73 Å². The fourth-order valence-corrected chi connectivity index (χ4v) is 11.2. The average molecular weight is 826 g/mol. The summed E-state index contributed by atoms with van der Waals surface area (Å²) in [5, 5.41) is 11.1. The van der Waals surface area contributed by atoms with Gasteiger partial charge in [-0.25, -0.2) is 9.98 Å². The topological polar surface area (TPSA) is 49.9 Å². The molecule has 4 nitrogen and oxygen atoms in total. The van der Waals surface area contributed by atoms with Crippen molar-refractivity contribution in [3.63, 3.8) is 0 Å². The van der Waals surface area contributed by atoms with E-state index in [2.05, 4.69) is 199 Å². The Morgan fingerprint density at radius 1 is 0.476 bits per heavy atom. The fourth-order valence-electron chi connectivity index (χ4n) is 10.1. The number of rotatable bonds is 5. The van der Waals surface area contributed by atoms with Gasteiger partial charge in [0.1, 0.15) is 22.8 Å². The number of hydrogen-bond acceptors (Lipinski definition) is 5. The molecule has 2 aromatic heterocycles. The fraction of sp³-hybridized carbons (Fsp3) is 0.0690. The second-order valence-electron chi connectivity index (χ2n) is 16.8. The Morgan fingerprint density at radius 3 is 2.06 bits per heavy atom. The van der Waals surface area contributed by atoms with E-state index in [1.54, 1.807) is 0 Å². The van der Waals surface area contributed by atoms with Crippen molar-refractivity contribution >= 4 is 75.9 Å². The standard InChI is InChI=1S/C58H39N3OS/c1-2-12-35(13-3-1)36-22-24-37(25-23-36)56-59-57(41-27-29-48-47-19-9-11-21-53(47)63-54(48)34-41)61-58(60-56)51-33-42(32-50-46-18-8-10-20-52(46)62-55(50)51)43-28-26-40-30-38-14-4-5-15-39(38)31-49(40)45-17-7-6-16-44(43)45/h1-25,27,29-34,43,56H,26,28H2,(H,59,60,61). The number of fused-ring (bicyclic) bond motifs is 10. The van der Waals surface area contributed by atoms with Crippen LogP contribution in [0.1, 0.15) is 51.9 Å². The number of benzene rings is 9. The third-order valence-corrected chi connectivity index (χ3v) is 14.3. The number of thiophene rings is 1. The molecule has 13 rings (SSSR count). The summed E-state index contributed by atoms with van der Waals surface area (Å²) in [7, 11) is 0. The van der Waals surface area contributed by atoms with E-state index in [1.807, 2.05) is 11.3 Å². The van der Waals surface area contributed by atoms with E-state index in [1.165, 1.54) is 64.3 Å². The molecule has 0 fully saturated rings. The lowest BCUT2D eigenvalue weighted by atomic mass is 9.84. The Bertz CT molecular complexity index is 3670. The molecule has 0 spiro atoms. The smallest absolute Gasteiger partial charge is 0.169 e. The molecule has 2 atom stereocenters. The zero-order valence-electron chi connectivity index (χ0n) is 34.3.